The summed E-state index contributed by atoms with van der Waals surface area (Å²) in [6.45, 7) is 0.657. The molecule has 0 unspecified atom stereocenters. The number of H-pyrrole nitrogens is 1. The zero-order chi connectivity index (χ0) is 15.3. The molecule has 1 aliphatic heterocycles. The number of carbonyl (C=O) groups is 1. The number of benzene rings is 1. The Morgan fingerprint density at radius 3 is 2.33 bits per heavy atom. The van der Waals surface area contributed by atoms with E-state index in [1.165, 1.54) is 36.9 Å². The zero-order valence-corrected chi connectivity index (χ0v) is 11.8. The molecule has 0 aliphatic carbocycles. The number of hydrogen-bond acceptors (Lipinski definition) is 5. The van der Waals surface area contributed by atoms with Crippen LogP contribution in [0.3, 0.4) is 0 Å². The normalized spacial score (nSPS) is 14.7. The van der Waals surface area contributed by atoms with E-state index in [2.05, 4.69) is 15.2 Å². The molecule has 0 atom stereocenters. The maximum absolute atomic E-state index is 11.4. The highest BCUT2D eigenvalue weighted by atomic mass is 32.2. The largest absolute Gasteiger partial charge is 0.312 e. The van der Waals surface area contributed by atoms with Crippen molar-refractivity contribution in [3.8, 4) is 0 Å². The third-order valence-electron chi connectivity index (χ3n) is 2.85. The molecule has 1 aliphatic rings. The molecule has 2 N–H and O–H groups in total. The molecule has 0 saturated carbocycles. The van der Waals surface area contributed by atoms with Gasteiger partial charge in [-0.05, 0) is 30.7 Å². The van der Waals surface area contributed by atoms with Crippen molar-refractivity contribution < 1.29 is 17.8 Å². The van der Waals surface area contributed by atoms with E-state index in [-0.39, 0.29) is 10.8 Å². The predicted molar refractivity (Wildman–Crippen MR) is 74.2 cm³/mol. The number of amides is 1. The number of nitrogens with zero attached hydrogens (tertiary/aromatic N) is 3. The fraction of sp³-hybridized carbons (Fsp3) is 0.250. The standard InChI is InChI=1S/C10H11NO4S.C2H3N3/c12-10-2-1-7-11(10)8-3-5-9(6-4-8)16(13,14)15;1-3-2-5-4-1/h3-6H,1-2,7H2,(H,13,14,15);1-2H,(H,3,4,5). The van der Waals surface area contributed by atoms with Crippen LogP contribution >= 0.6 is 0 Å². The van der Waals surface area contributed by atoms with Gasteiger partial charge < -0.3 is 4.90 Å². The SMILES string of the molecule is O=C1CCCN1c1ccc(S(=O)(=O)O)cc1.c1nc[nH]n1. The molecule has 1 fully saturated rings. The lowest BCUT2D eigenvalue weighted by atomic mass is 10.3. The summed E-state index contributed by atoms with van der Waals surface area (Å²) in [5.74, 6) is 0.0413. The van der Waals surface area contributed by atoms with Crippen molar-refractivity contribution in [2.24, 2.45) is 0 Å². The highest BCUT2D eigenvalue weighted by molar-refractivity contribution is 7.85. The summed E-state index contributed by atoms with van der Waals surface area (Å²) in [6, 6.07) is 5.62. The van der Waals surface area contributed by atoms with Gasteiger partial charge in [-0.15, -0.1) is 0 Å². The van der Waals surface area contributed by atoms with Crippen LogP contribution in [0.25, 0.3) is 0 Å². The van der Waals surface area contributed by atoms with Crippen LogP contribution in [0.4, 0.5) is 5.69 Å². The number of hydrogen-bond donors (Lipinski definition) is 2. The van der Waals surface area contributed by atoms with Gasteiger partial charge in [0.15, 0.2) is 0 Å². The third kappa shape index (κ3) is 4.10. The fourth-order valence-corrected chi connectivity index (χ4v) is 2.37. The summed E-state index contributed by atoms with van der Waals surface area (Å²) in [4.78, 5) is 16.4. The minimum atomic E-state index is -4.16. The second-order valence-electron chi connectivity index (χ2n) is 4.27. The number of anilines is 1. The molecule has 112 valence electrons. The molecule has 8 nitrogen and oxygen atoms in total. The Kier molecular flexibility index (Phi) is 4.66. The number of rotatable bonds is 2. The van der Waals surface area contributed by atoms with E-state index in [1.54, 1.807) is 4.90 Å². The van der Waals surface area contributed by atoms with Crippen LogP contribution in [0.5, 0.6) is 0 Å². The molecule has 3 rings (SSSR count). The van der Waals surface area contributed by atoms with Crippen molar-refractivity contribution in [1.82, 2.24) is 15.2 Å². The van der Waals surface area contributed by atoms with Crippen molar-refractivity contribution in [3.05, 3.63) is 36.9 Å². The van der Waals surface area contributed by atoms with Crippen molar-refractivity contribution in [3.63, 3.8) is 0 Å². The van der Waals surface area contributed by atoms with E-state index in [0.717, 1.165) is 6.42 Å². The maximum Gasteiger partial charge on any atom is 0.294 e. The van der Waals surface area contributed by atoms with Gasteiger partial charge in [-0.3, -0.25) is 14.4 Å². The van der Waals surface area contributed by atoms with Crippen LogP contribution < -0.4 is 4.90 Å². The summed E-state index contributed by atoms with van der Waals surface area (Å²) in [5.41, 5.74) is 0.662. The molecule has 2 aromatic rings. The Morgan fingerprint density at radius 1 is 1.24 bits per heavy atom. The summed E-state index contributed by atoms with van der Waals surface area (Å²) in [5, 5.41) is 5.99. The molecule has 0 spiro atoms. The first-order valence-corrected chi connectivity index (χ1v) is 7.59. The Balaban J connectivity index is 0.000000272. The average Bonchev–Trinajstić information content (AvgIpc) is 3.12. The van der Waals surface area contributed by atoms with Crippen LogP contribution in [-0.2, 0) is 14.9 Å². The van der Waals surface area contributed by atoms with Crippen LogP contribution in [0, 0.1) is 0 Å². The third-order valence-corrected chi connectivity index (χ3v) is 3.72. The minimum Gasteiger partial charge on any atom is -0.312 e. The second-order valence-corrected chi connectivity index (χ2v) is 5.69. The Morgan fingerprint density at radius 2 is 1.95 bits per heavy atom. The Bertz CT molecular complexity index is 665. The number of aromatic amines is 1. The van der Waals surface area contributed by atoms with Crippen molar-refractivity contribution >= 4 is 21.7 Å². The Labute approximate surface area is 121 Å². The maximum atomic E-state index is 11.4. The molecule has 2 heterocycles. The van der Waals surface area contributed by atoms with Crippen molar-refractivity contribution in [2.45, 2.75) is 17.7 Å². The Hall–Kier alpha value is -2.26. The molecular weight excluding hydrogens is 296 g/mol. The number of carbonyl (C=O) groups excluding carboxylic acids is 1. The monoisotopic (exact) mass is 310 g/mol. The summed E-state index contributed by atoms with van der Waals surface area (Å²) >= 11 is 0. The predicted octanol–water partition coefficient (Wildman–Crippen LogP) is 0.865. The second kappa shape index (κ2) is 6.46. The van der Waals surface area contributed by atoms with E-state index in [4.69, 9.17) is 4.55 Å². The lowest BCUT2D eigenvalue weighted by Gasteiger charge is -2.15. The van der Waals surface area contributed by atoms with E-state index in [0.29, 0.717) is 18.7 Å². The fourth-order valence-electron chi connectivity index (χ4n) is 1.89. The minimum absolute atomic E-state index is 0.0413. The summed E-state index contributed by atoms with van der Waals surface area (Å²) in [7, 11) is -4.16. The first-order valence-electron chi connectivity index (χ1n) is 6.15. The molecule has 21 heavy (non-hydrogen) atoms. The van der Waals surface area contributed by atoms with Gasteiger partial charge in [-0.25, -0.2) is 4.98 Å². The van der Waals surface area contributed by atoms with Gasteiger partial charge in [0.2, 0.25) is 5.91 Å². The lowest BCUT2D eigenvalue weighted by Crippen LogP contribution is -2.23. The van der Waals surface area contributed by atoms with E-state index in [9.17, 15) is 13.2 Å². The summed E-state index contributed by atoms with van der Waals surface area (Å²) in [6.07, 6.45) is 4.30. The number of aromatic nitrogens is 3. The lowest BCUT2D eigenvalue weighted by molar-refractivity contribution is -0.117. The highest BCUT2D eigenvalue weighted by Gasteiger charge is 2.21. The van der Waals surface area contributed by atoms with Gasteiger partial charge in [0.05, 0.1) is 4.90 Å². The van der Waals surface area contributed by atoms with Crippen LogP contribution in [0.1, 0.15) is 12.8 Å². The average molecular weight is 310 g/mol. The van der Waals surface area contributed by atoms with Gasteiger partial charge in [0.25, 0.3) is 10.1 Å². The van der Waals surface area contributed by atoms with Crippen LogP contribution in [0.2, 0.25) is 0 Å². The van der Waals surface area contributed by atoms with Gasteiger partial charge in [0, 0.05) is 18.7 Å². The van der Waals surface area contributed by atoms with Gasteiger partial charge in [0.1, 0.15) is 12.7 Å². The molecule has 0 radical (unpaired) electrons. The molecular formula is C12H14N4O4S. The molecule has 0 bridgehead atoms. The molecule has 9 heteroatoms. The highest BCUT2D eigenvalue weighted by Crippen LogP contribution is 2.22. The molecule has 1 aromatic heterocycles. The van der Waals surface area contributed by atoms with E-state index in [1.807, 2.05) is 0 Å². The van der Waals surface area contributed by atoms with E-state index < -0.39 is 10.1 Å². The van der Waals surface area contributed by atoms with Gasteiger partial charge in [-0.1, -0.05) is 0 Å². The molecule has 1 saturated heterocycles. The molecule has 1 amide bonds. The van der Waals surface area contributed by atoms with Gasteiger partial charge >= 0.3 is 0 Å². The first kappa shape index (κ1) is 15.1. The zero-order valence-electron chi connectivity index (χ0n) is 11.0. The topological polar surface area (TPSA) is 116 Å². The summed E-state index contributed by atoms with van der Waals surface area (Å²) < 4.78 is 30.4. The van der Waals surface area contributed by atoms with Gasteiger partial charge in [-0.2, -0.15) is 13.5 Å². The van der Waals surface area contributed by atoms with Crippen LogP contribution in [0.15, 0.2) is 41.8 Å². The van der Waals surface area contributed by atoms with Crippen molar-refractivity contribution in [1.29, 1.82) is 0 Å². The quantitative estimate of drug-likeness (QED) is 0.795. The smallest absolute Gasteiger partial charge is 0.294 e. The van der Waals surface area contributed by atoms with Crippen LogP contribution in [-0.4, -0.2) is 40.6 Å². The number of nitrogens with one attached hydrogen (secondary N) is 1. The van der Waals surface area contributed by atoms with E-state index >= 15 is 0 Å². The first-order chi connectivity index (χ1) is 9.98. The van der Waals surface area contributed by atoms with Crippen molar-refractivity contribution in [2.75, 3.05) is 11.4 Å². The molecule has 1 aromatic carbocycles.